The Morgan fingerprint density at radius 1 is 1.21 bits per heavy atom. The molecule has 1 aliphatic heterocycles. The van der Waals surface area contributed by atoms with E-state index in [2.05, 4.69) is 25.7 Å². The second-order valence-corrected chi connectivity index (χ2v) is 5.61. The summed E-state index contributed by atoms with van der Waals surface area (Å²) in [5.41, 5.74) is -0.0808. The van der Waals surface area contributed by atoms with Crippen LogP contribution in [0.25, 0.3) is 0 Å². The van der Waals surface area contributed by atoms with E-state index in [0.717, 1.165) is 32.5 Å². The highest BCUT2D eigenvalue weighted by Crippen LogP contribution is 2.47. The van der Waals surface area contributed by atoms with Gasteiger partial charge in [0.05, 0.1) is 0 Å². The number of ketones is 1. The van der Waals surface area contributed by atoms with Crippen molar-refractivity contribution in [1.82, 2.24) is 4.90 Å². The molecule has 2 rings (SSSR count). The highest BCUT2D eigenvalue weighted by molar-refractivity contribution is 5.91. The van der Waals surface area contributed by atoms with E-state index in [1.54, 1.807) is 0 Å². The number of likely N-dealkylation sites (tertiary alicyclic amines) is 1. The standard InChI is InChI=1S/C12H21NO/c1-4-13-8-11(2)6-5-7-12(3,9-13)10(11)14/h4-9H2,1-3H3/t11-,12+. The fourth-order valence-electron chi connectivity index (χ4n) is 3.39. The number of carbonyl (C=O) groups is 1. The molecular weight excluding hydrogens is 174 g/mol. The number of carbonyl (C=O) groups excluding carboxylic acids is 1. The van der Waals surface area contributed by atoms with Crippen LogP contribution in [0.4, 0.5) is 0 Å². The van der Waals surface area contributed by atoms with Gasteiger partial charge in [0.2, 0.25) is 0 Å². The minimum atomic E-state index is -0.0404. The van der Waals surface area contributed by atoms with Crippen LogP contribution in [0.2, 0.25) is 0 Å². The molecule has 2 heteroatoms. The third-order valence-corrected chi connectivity index (χ3v) is 4.15. The number of rotatable bonds is 1. The average Bonchev–Trinajstić information content (AvgIpc) is 2.11. The molecule has 2 atom stereocenters. The second-order valence-electron chi connectivity index (χ2n) is 5.61. The van der Waals surface area contributed by atoms with E-state index >= 15 is 0 Å². The van der Waals surface area contributed by atoms with Gasteiger partial charge in [0, 0.05) is 23.9 Å². The third kappa shape index (κ3) is 1.31. The van der Waals surface area contributed by atoms with Crippen molar-refractivity contribution in [3.05, 3.63) is 0 Å². The fourth-order valence-corrected chi connectivity index (χ4v) is 3.39. The highest BCUT2D eigenvalue weighted by Gasteiger charge is 2.52. The van der Waals surface area contributed by atoms with Gasteiger partial charge in [0.15, 0.2) is 0 Å². The normalized spacial score (nSPS) is 44.1. The van der Waals surface area contributed by atoms with Gasteiger partial charge < -0.3 is 4.90 Å². The van der Waals surface area contributed by atoms with Crippen LogP contribution in [-0.2, 0) is 4.79 Å². The molecule has 2 bridgehead atoms. The summed E-state index contributed by atoms with van der Waals surface area (Å²) in [5, 5.41) is 0. The predicted octanol–water partition coefficient (Wildman–Crippen LogP) is 2.09. The summed E-state index contributed by atoms with van der Waals surface area (Å²) in [6, 6.07) is 0. The van der Waals surface area contributed by atoms with Crippen LogP contribution in [-0.4, -0.2) is 30.3 Å². The maximum atomic E-state index is 12.3. The summed E-state index contributed by atoms with van der Waals surface area (Å²) in [5.74, 6) is 0.529. The molecular formula is C12H21NO. The first-order chi connectivity index (χ1) is 6.50. The predicted molar refractivity (Wildman–Crippen MR) is 57.2 cm³/mol. The first-order valence-corrected chi connectivity index (χ1v) is 5.77. The van der Waals surface area contributed by atoms with E-state index in [9.17, 15) is 4.79 Å². The average molecular weight is 195 g/mol. The Balaban J connectivity index is 2.30. The Bertz CT molecular complexity index is 241. The largest absolute Gasteiger partial charge is 0.302 e. The van der Waals surface area contributed by atoms with Crippen LogP contribution < -0.4 is 0 Å². The van der Waals surface area contributed by atoms with Gasteiger partial charge >= 0.3 is 0 Å². The van der Waals surface area contributed by atoms with Crippen molar-refractivity contribution in [1.29, 1.82) is 0 Å². The van der Waals surface area contributed by atoms with Gasteiger partial charge in [-0.1, -0.05) is 27.2 Å². The SMILES string of the molecule is CCN1C[C@]2(C)CCC[C@](C)(C1)C2=O. The van der Waals surface area contributed by atoms with Gasteiger partial charge in [-0.25, -0.2) is 0 Å². The van der Waals surface area contributed by atoms with Crippen LogP contribution in [0, 0.1) is 10.8 Å². The molecule has 80 valence electrons. The number of hydrogen-bond donors (Lipinski definition) is 0. The van der Waals surface area contributed by atoms with Crippen molar-refractivity contribution in [2.75, 3.05) is 19.6 Å². The van der Waals surface area contributed by atoms with E-state index in [1.165, 1.54) is 6.42 Å². The summed E-state index contributed by atoms with van der Waals surface area (Å²) in [6.45, 7) is 9.57. The first kappa shape index (κ1) is 10.2. The fraction of sp³-hybridized carbons (Fsp3) is 0.917. The summed E-state index contributed by atoms with van der Waals surface area (Å²) in [4.78, 5) is 14.7. The van der Waals surface area contributed by atoms with Crippen molar-refractivity contribution in [3.8, 4) is 0 Å². The molecule has 0 spiro atoms. The summed E-state index contributed by atoms with van der Waals surface area (Å²) >= 11 is 0. The van der Waals surface area contributed by atoms with Gasteiger partial charge in [0.1, 0.15) is 5.78 Å². The van der Waals surface area contributed by atoms with Crippen LogP contribution >= 0.6 is 0 Å². The molecule has 1 saturated carbocycles. The molecule has 2 aliphatic rings. The van der Waals surface area contributed by atoms with Gasteiger partial charge in [-0.2, -0.15) is 0 Å². The van der Waals surface area contributed by atoms with Crippen LogP contribution in [0.1, 0.15) is 40.0 Å². The van der Waals surface area contributed by atoms with Crippen LogP contribution in [0.3, 0.4) is 0 Å². The summed E-state index contributed by atoms with van der Waals surface area (Å²) < 4.78 is 0. The molecule has 0 amide bonds. The Hall–Kier alpha value is -0.370. The van der Waals surface area contributed by atoms with Gasteiger partial charge in [-0.15, -0.1) is 0 Å². The lowest BCUT2D eigenvalue weighted by Crippen LogP contribution is -2.59. The van der Waals surface area contributed by atoms with E-state index in [0.29, 0.717) is 5.78 Å². The van der Waals surface area contributed by atoms with Crippen molar-refractivity contribution in [2.24, 2.45) is 10.8 Å². The monoisotopic (exact) mass is 195 g/mol. The van der Waals surface area contributed by atoms with Crippen molar-refractivity contribution < 1.29 is 4.79 Å². The zero-order valence-corrected chi connectivity index (χ0v) is 9.60. The van der Waals surface area contributed by atoms with Crippen molar-refractivity contribution in [3.63, 3.8) is 0 Å². The molecule has 0 unspecified atom stereocenters. The first-order valence-electron chi connectivity index (χ1n) is 5.77. The number of Topliss-reactive ketones (excluding diaryl/α,β-unsaturated/α-hetero) is 1. The van der Waals surface area contributed by atoms with Crippen LogP contribution in [0.5, 0.6) is 0 Å². The highest BCUT2D eigenvalue weighted by atomic mass is 16.1. The molecule has 2 fully saturated rings. The van der Waals surface area contributed by atoms with E-state index in [1.807, 2.05) is 0 Å². The molecule has 0 N–H and O–H groups in total. The zero-order valence-electron chi connectivity index (χ0n) is 9.60. The zero-order chi connectivity index (χ0) is 10.4. The van der Waals surface area contributed by atoms with Crippen LogP contribution in [0.15, 0.2) is 0 Å². The second kappa shape index (κ2) is 3.06. The number of fused-ring (bicyclic) bond motifs is 2. The van der Waals surface area contributed by atoms with Crippen molar-refractivity contribution in [2.45, 2.75) is 40.0 Å². The lowest BCUT2D eigenvalue weighted by atomic mass is 9.59. The smallest absolute Gasteiger partial charge is 0.147 e. The molecule has 0 aromatic rings. The summed E-state index contributed by atoms with van der Waals surface area (Å²) in [7, 11) is 0. The Kier molecular flexibility index (Phi) is 2.22. The molecule has 0 radical (unpaired) electrons. The quantitative estimate of drug-likeness (QED) is 0.638. The van der Waals surface area contributed by atoms with Gasteiger partial charge in [0.25, 0.3) is 0 Å². The summed E-state index contributed by atoms with van der Waals surface area (Å²) in [6.07, 6.45) is 3.42. The number of hydrogen-bond acceptors (Lipinski definition) is 2. The van der Waals surface area contributed by atoms with Gasteiger partial charge in [-0.3, -0.25) is 4.79 Å². The van der Waals surface area contributed by atoms with E-state index in [4.69, 9.17) is 0 Å². The lowest BCUT2D eigenvalue weighted by Gasteiger charge is -2.51. The molecule has 1 saturated heterocycles. The Morgan fingerprint density at radius 2 is 1.71 bits per heavy atom. The molecule has 14 heavy (non-hydrogen) atoms. The maximum Gasteiger partial charge on any atom is 0.147 e. The number of nitrogens with zero attached hydrogens (tertiary/aromatic N) is 1. The molecule has 2 nitrogen and oxygen atoms in total. The lowest BCUT2D eigenvalue weighted by molar-refractivity contribution is -0.151. The van der Waals surface area contributed by atoms with Crippen molar-refractivity contribution >= 4 is 5.78 Å². The van der Waals surface area contributed by atoms with E-state index in [-0.39, 0.29) is 10.8 Å². The molecule has 1 heterocycles. The molecule has 1 aliphatic carbocycles. The molecule has 0 aromatic heterocycles. The Labute approximate surface area is 86.7 Å². The minimum absolute atomic E-state index is 0.0404. The minimum Gasteiger partial charge on any atom is -0.302 e. The topological polar surface area (TPSA) is 20.3 Å². The van der Waals surface area contributed by atoms with Gasteiger partial charge in [-0.05, 0) is 19.4 Å². The number of piperidine rings is 1. The Morgan fingerprint density at radius 3 is 2.14 bits per heavy atom. The molecule has 0 aromatic carbocycles. The maximum absolute atomic E-state index is 12.3. The third-order valence-electron chi connectivity index (χ3n) is 4.15. The van der Waals surface area contributed by atoms with E-state index < -0.39 is 0 Å².